The molecular formula is C12H11F3O4S. The van der Waals surface area contributed by atoms with Crippen molar-refractivity contribution in [3.63, 3.8) is 0 Å². The Morgan fingerprint density at radius 1 is 1.20 bits per heavy atom. The van der Waals surface area contributed by atoms with Crippen molar-refractivity contribution in [3.8, 4) is 0 Å². The lowest BCUT2D eigenvalue weighted by molar-refractivity contribution is -0.161. The predicted molar refractivity (Wildman–Crippen MR) is 62.5 cm³/mol. The third kappa shape index (κ3) is 2.39. The number of carbonyl (C=O) groups is 1. The van der Waals surface area contributed by atoms with E-state index in [-0.39, 0.29) is 4.90 Å². The van der Waals surface area contributed by atoms with Crippen LogP contribution in [0.5, 0.6) is 0 Å². The molecule has 3 atom stereocenters. The molecule has 1 aliphatic rings. The van der Waals surface area contributed by atoms with Gasteiger partial charge < -0.3 is 4.74 Å². The number of ether oxygens (including phenoxy) is 1. The molecule has 0 heterocycles. The predicted octanol–water partition coefficient (Wildman–Crippen LogP) is 1.81. The fourth-order valence-corrected chi connectivity index (χ4v) is 4.38. The summed E-state index contributed by atoms with van der Waals surface area (Å²) in [6, 6.07) is 6.77. The molecule has 0 spiro atoms. The van der Waals surface area contributed by atoms with E-state index in [0.29, 0.717) is 0 Å². The molecule has 1 aromatic rings. The Kier molecular flexibility index (Phi) is 3.53. The summed E-state index contributed by atoms with van der Waals surface area (Å²) in [4.78, 5) is 11.1. The summed E-state index contributed by atoms with van der Waals surface area (Å²) in [5.41, 5.74) is 0. The topological polar surface area (TPSA) is 60.4 Å². The highest BCUT2D eigenvalue weighted by atomic mass is 32.2. The highest BCUT2D eigenvalue weighted by molar-refractivity contribution is 7.92. The monoisotopic (exact) mass is 308 g/mol. The molecule has 1 aliphatic carbocycles. The van der Waals surface area contributed by atoms with Gasteiger partial charge in [0, 0.05) is 0 Å². The minimum absolute atomic E-state index is 0.231. The van der Waals surface area contributed by atoms with Crippen molar-refractivity contribution in [1.29, 1.82) is 0 Å². The molecular weight excluding hydrogens is 297 g/mol. The highest BCUT2D eigenvalue weighted by Crippen LogP contribution is 2.55. The van der Waals surface area contributed by atoms with Crippen LogP contribution in [0.15, 0.2) is 35.2 Å². The Morgan fingerprint density at radius 2 is 1.75 bits per heavy atom. The van der Waals surface area contributed by atoms with Crippen molar-refractivity contribution >= 4 is 15.8 Å². The average molecular weight is 308 g/mol. The summed E-state index contributed by atoms with van der Waals surface area (Å²) < 4.78 is 67.0. The van der Waals surface area contributed by atoms with Gasteiger partial charge in [0.05, 0.1) is 29.1 Å². The van der Waals surface area contributed by atoms with Crippen molar-refractivity contribution in [2.24, 2.45) is 11.8 Å². The largest absolute Gasteiger partial charge is 0.469 e. The van der Waals surface area contributed by atoms with Gasteiger partial charge in [-0.15, -0.1) is 0 Å². The maximum absolute atomic E-state index is 12.8. The van der Waals surface area contributed by atoms with E-state index in [1.807, 2.05) is 0 Å². The van der Waals surface area contributed by atoms with Crippen LogP contribution in [0.25, 0.3) is 0 Å². The lowest BCUT2D eigenvalue weighted by atomic mass is 10.3. The normalized spacial score (nSPS) is 26.1. The van der Waals surface area contributed by atoms with E-state index in [2.05, 4.69) is 4.74 Å². The maximum Gasteiger partial charge on any atom is 0.393 e. The van der Waals surface area contributed by atoms with Crippen LogP contribution < -0.4 is 0 Å². The van der Waals surface area contributed by atoms with Gasteiger partial charge in [-0.25, -0.2) is 8.42 Å². The zero-order valence-electron chi connectivity index (χ0n) is 10.3. The van der Waals surface area contributed by atoms with Gasteiger partial charge in [-0.1, -0.05) is 18.2 Å². The standard InChI is InChI=1S/C12H11F3O4S/c1-19-11(16)8-9(12(13,14)15)10(8)20(17,18)7-5-3-2-4-6-7/h2-6,8-10H,1H3/t8-,9-,10-/m0/s1. The molecule has 110 valence electrons. The summed E-state index contributed by atoms with van der Waals surface area (Å²) in [6.07, 6.45) is -4.76. The molecule has 1 saturated carbocycles. The van der Waals surface area contributed by atoms with Crippen LogP contribution in [0.1, 0.15) is 0 Å². The van der Waals surface area contributed by atoms with Gasteiger partial charge in [-0.2, -0.15) is 13.2 Å². The minimum Gasteiger partial charge on any atom is -0.469 e. The first-order valence-corrected chi connectivity index (χ1v) is 7.19. The molecule has 4 nitrogen and oxygen atoms in total. The number of halogens is 3. The lowest BCUT2D eigenvalue weighted by Crippen LogP contribution is -2.18. The molecule has 0 bridgehead atoms. The van der Waals surface area contributed by atoms with Crippen molar-refractivity contribution < 1.29 is 31.1 Å². The van der Waals surface area contributed by atoms with E-state index in [4.69, 9.17) is 0 Å². The number of hydrogen-bond acceptors (Lipinski definition) is 4. The first-order chi connectivity index (χ1) is 9.21. The highest BCUT2D eigenvalue weighted by Gasteiger charge is 2.73. The molecule has 0 radical (unpaired) electrons. The molecule has 1 aromatic carbocycles. The molecule has 0 aliphatic heterocycles. The third-order valence-electron chi connectivity index (χ3n) is 3.24. The number of rotatable bonds is 3. The smallest absolute Gasteiger partial charge is 0.393 e. The number of alkyl halides is 3. The Morgan fingerprint density at radius 3 is 2.20 bits per heavy atom. The van der Waals surface area contributed by atoms with Crippen LogP contribution >= 0.6 is 0 Å². The van der Waals surface area contributed by atoms with E-state index in [9.17, 15) is 26.4 Å². The molecule has 0 N–H and O–H groups in total. The Labute approximate surface area is 113 Å². The van der Waals surface area contributed by atoms with Gasteiger partial charge in [-0.05, 0) is 12.1 Å². The first kappa shape index (κ1) is 14.8. The van der Waals surface area contributed by atoms with Crippen molar-refractivity contribution in [2.45, 2.75) is 16.3 Å². The molecule has 0 saturated heterocycles. The number of methoxy groups -OCH3 is 1. The lowest BCUT2D eigenvalue weighted by Gasteiger charge is -2.06. The van der Waals surface area contributed by atoms with E-state index in [0.717, 1.165) is 7.11 Å². The summed E-state index contributed by atoms with van der Waals surface area (Å²) in [5.74, 6) is -5.05. The van der Waals surface area contributed by atoms with Crippen LogP contribution in [0.2, 0.25) is 0 Å². The second-order valence-corrected chi connectivity index (χ2v) is 6.54. The van der Waals surface area contributed by atoms with Gasteiger partial charge in [0.15, 0.2) is 9.84 Å². The number of esters is 1. The van der Waals surface area contributed by atoms with Gasteiger partial charge in [0.2, 0.25) is 0 Å². The molecule has 0 unspecified atom stereocenters. The summed E-state index contributed by atoms with van der Waals surface area (Å²) in [7, 11) is -3.29. The summed E-state index contributed by atoms with van der Waals surface area (Å²) >= 11 is 0. The number of benzene rings is 1. The maximum atomic E-state index is 12.8. The van der Waals surface area contributed by atoms with Crippen molar-refractivity contribution in [1.82, 2.24) is 0 Å². The molecule has 8 heteroatoms. The fourth-order valence-electron chi connectivity index (χ4n) is 2.24. The van der Waals surface area contributed by atoms with Gasteiger partial charge in [0.25, 0.3) is 0 Å². The van der Waals surface area contributed by atoms with E-state index >= 15 is 0 Å². The Balaban J connectivity index is 2.39. The van der Waals surface area contributed by atoms with E-state index < -0.39 is 39.1 Å². The number of hydrogen-bond donors (Lipinski definition) is 0. The van der Waals surface area contributed by atoms with Gasteiger partial charge >= 0.3 is 12.1 Å². The summed E-state index contributed by atoms with van der Waals surface area (Å²) in [6.45, 7) is 0. The van der Waals surface area contributed by atoms with E-state index in [1.165, 1.54) is 24.3 Å². The minimum atomic E-state index is -4.76. The SMILES string of the molecule is COC(=O)[C@H]1[C@H](C(F)(F)F)[C@H]1S(=O)(=O)c1ccccc1. The summed E-state index contributed by atoms with van der Waals surface area (Å²) in [5, 5.41) is -1.81. The third-order valence-corrected chi connectivity index (χ3v) is 5.47. The zero-order chi connectivity index (χ0) is 15.1. The second kappa shape index (κ2) is 4.76. The van der Waals surface area contributed by atoms with Crippen LogP contribution in [0.4, 0.5) is 13.2 Å². The fraction of sp³-hybridized carbons (Fsp3) is 0.417. The Bertz CT molecular complexity index is 609. The van der Waals surface area contributed by atoms with E-state index in [1.54, 1.807) is 6.07 Å². The molecule has 20 heavy (non-hydrogen) atoms. The first-order valence-electron chi connectivity index (χ1n) is 5.64. The van der Waals surface area contributed by atoms with Gasteiger partial charge in [0.1, 0.15) is 0 Å². The van der Waals surface area contributed by atoms with Crippen molar-refractivity contribution in [3.05, 3.63) is 30.3 Å². The molecule has 0 aromatic heterocycles. The number of carbonyl (C=O) groups excluding carboxylic acids is 1. The molecule has 0 amide bonds. The Hall–Kier alpha value is -1.57. The molecule has 1 fully saturated rings. The quantitative estimate of drug-likeness (QED) is 0.799. The van der Waals surface area contributed by atoms with Crippen LogP contribution in [-0.4, -0.2) is 32.9 Å². The average Bonchev–Trinajstić information content (AvgIpc) is 3.15. The van der Waals surface area contributed by atoms with Crippen molar-refractivity contribution in [2.75, 3.05) is 7.11 Å². The van der Waals surface area contributed by atoms with Crippen LogP contribution in [-0.2, 0) is 19.4 Å². The van der Waals surface area contributed by atoms with Crippen LogP contribution in [0, 0.1) is 11.8 Å². The second-order valence-electron chi connectivity index (χ2n) is 4.44. The molecule has 2 rings (SSSR count). The number of sulfone groups is 1. The van der Waals surface area contributed by atoms with Gasteiger partial charge in [-0.3, -0.25) is 4.79 Å². The zero-order valence-corrected chi connectivity index (χ0v) is 11.1. The van der Waals surface area contributed by atoms with Crippen LogP contribution in [0.3, 0.4) is 0 Å².